The van der Waals surface area contributed by atoms with Gasteiger partial charge >= 0.3 is 0 Å². The van der Waals surface area contributed by atoms with Crippen molar-refractivity contribution in [1.29, 1.82) is 0 Å². The molecule has 2 aromatic carbocycles. The van der Waals surface area contributed by atoms with Crippen LogP contribution >= 0.6 is 10.7 Å². The van der Waals surface area contributed by atoms with Crippen LogP contribution < -0.4 is 0 Å². The topological polar surface area (TPSA) is 72.6 Å². The summed E-state index contributed by atoms with van der Waals surface area (Å²) in [6.45, 7) is 0. The first-order valence-electron chi connectivity index (χ1n) is 5.54. The highest BCUT2D eigenvalue weighted by Gasteiger charge is 2.09. The zero-order valence-electron chi connectivity index (χ0n) is 10.1. The van der Waals surface area contributed by atoms with E-state index in [0.717, 1.165) is 4.90 Å². The van der Waals surface area contributed by atoms with Crippen molar-refractivity contribution in [1.82, 2.24) is 0 Å². The van der Waals surface area contributed by atoms with Crippen LogP contribution in [0, 0.1) is 10.1 Å². The minimum Gasteiger partial charge on any atom is -0.266 e. The fourth-order valence-corrected chi connectivity index (χ4v) is 2.67. The average Bonchev–Trinajstić information content (AvgIpc) is 2.48. The summed E-state index contributed by atoms with van der Waals surface area (Å²) in [6.07, 6.45) is 0. The van der Waals surface area contributed by atoms with Crippen LogP contribution in [0.4, 0.5) is 5.69 Å². The fraction of sp³-hybridized carbons (Fsp3) is 0. The van der Waals surface area contributed by atoms with E-state index in [2.05, 4.69) is 4.36 Å². The molecular formula is C13H9ClN2O3S. The molecule has 2 aromatic rings. The Labute approximate surface area is 122 Å². The second kappa shape index (κ2) is 6.40. The Balaban J connectivity index is 2.21. The molecule has 7 heteroatoms. The lowest BCUT2D eigenvalue weighted by Gasteiger charge is -1.99. The molecule has 0 radical (unpaired) electrons. The number of nitrogens with zero attached hydrogens (tertiary/aromatic N) is 2. The van der Waals surface area contributed by atoms with E-state index in [1.165, 1.54) is 24.3 Å². The predicted molar refractivity (Wildman–Crippen MR) is 77.8 cm³/mol. The number of hydrogen-bond donors (Lipinski definition) is 0. The minimum atomic E-state index is -1.06. The number of carbonyl (C=O) groups excluding carboxylic acids is 1. The maximum absolute atomic E-state index is 11.9. The molecule has 0 saturated heterocycles. The molecule has 0 aromatic heterocycles. The molecule has 0 aliphatic rings. The van der Waals surface area contributed by atoms with Gasteiger partial charge in [0.2, 0.25) is 0 Å². The van der Waals surface area contributed by atoms with E-state index in [0.29, 0.717) is 0 Å². The van der Waals surface area contributed by atoms with Gasteiger partial charge in [0.15, 0.2) is 0 Å². The van der Waals surface area contributed by atoms with Gasteiger partial charge in [0.25, 0.3) is 11.6 Å². The van der Waals surface area contributed by atoms with E-state index in [-0.39, 0.29) is 11.3 Å². The smallest absolute Gasteiger partial charge is 0.266 e. The van der Waals surface area contributed by atoms with Crippen LogP contribution in [0.25, 0.3) is 0 Å². The summed E-state index contributed by atoms with van der Waals surface area (Å²) in [5, 5.41) is 10.5. The van der Waals surface area contributed by atoms with E-state index in [1.807, 2.05) is 18.2 Å². The molecule has 1 unspecified atom stereocenters. The Hall–Kier alpha value is -2.05. The number of benzene rings is 2. The maximum atomic E-state index is 11.9. The number of halogens is 1. The van der Waals surface area contributed by atoms with Crippen molar-refractivity contribution in [2.45, 2.75) is 4.90 Å². The molecule has 0 bridgehead atoms. The largest absolute Gasteiger partial charge is 0.284 e. The molecule has 102 valence electrons. The van der Waals surface area contributed by atoms with E-state index in [4.69, 9.17) is 10.7 Å². The van der Waals surface area contributed by atoms with Crippen LogP contribution in [0.1, 0.15) is 10.4 Å². The Morgan fingerprint density at radius 1 is 1.10 bits per heavy atom. The number of nitro benzene ring substituents is 1. The number of nitro groups is 1. The first kappa shape index (κ1) is 14.4. The van der Waals surface area contributed by atoms with Crippen molar-refractivity contribution in [2.24, 2.45) is 4.36 Å². The van der Waals surface area contributed by atoms with Gasteiger partial charge in [0.1, 0.15) is 0 Å². The van der Waals surface area contributed by atoms with Crippen molar-refractivity contribution in [3.63, 3.8) is 0 Å². The number of non-ortho nitro benzene ring substituents is 1. The summed E-state index contributed by atoms with van der Waals surface area (Å²) in [4.78, 5) is 22.6. The molecule has 1 atom stereocenters. The lowest BCUT2D eigenvalue weighted by Crippen LogP contribution is -1.97. The number of carbonyl (C=O) groups is 1. The Morgan fingerprint density at radius 3 is 2.25 bits per heavy atom. The van der Waals surface area contributed by atoms with Crippen molar-refractivity contribution in [3.8, 4) is 0 Å². The molecule has 0 fully saturated rings. The van der Waals surface area contributed by atoms with Gasteiger partial charge in [-0.1, -0.05) is 18.2 Å². The average molecular weight is 309 g/mol. The first-order valence-corrected chi connectivity index (χ1v) is 7.55. The second-order valence-electron chi connectivity index (χ2n) is 3.75. The predicted octanol–water partition coefficient (Wildman–Crippen LogP) is 3.75. The second-order valence-corrected chi connectivity index (χ2v) is 5.76. The van der Waals surface area contributed by atoms with Gasteiger partial charge in [-0.3, -0.25) is 14.9 Å². The van der Waals surface area contributed by atoms with Crippen LogP contribution in [0.3, 0.4) is 0 Å². The molecule has 0 N–H and O–H groups in total. The summed E-state index contributed by atoms with van der Waals surface area (Å²) in [6, 6.07) is 14.3. The van der Waals surface area contributed by atoms with Crippen LogP contribution in [0.15, 0.2) is 63.9 Å². The summed E-state index contributed by atoms with van der Waals surface area (Å²) in [5.41, 5.74) is 0.194. The highest BCUT2D eigenvalue weighted by atomic mass is 35.7. The van der Waals surface area contributed by atoms with Gasteiger partial charge in [0, 0.05) is 32.5 Å². The van der Waals surface area contributed by atoms with E-state index < -0.39 is 20.7 Å². The van der Waals surface area contributed by atoms with E-state index in [1.54, 1.807) is 12.1 Å². The lowest BCUT2D eigenvalue weighted by molar-refractivity contribution is -0.384. The van der Waals surface area contributed by atoms with Crippen molar-refractivity contribution in [3.05, 3.63) is 70.3 Å². The Morgan fingerprint density at radius 2 is 1.70 bits per heavy atom. The highest BCUT2D eigenvalue weighted by Crippen LogP contribution is 2.16. The normalized spacial score (nSPS) is 12.1. The van der Waals surface area contributed by atoms with Crippen molar-refractivity contribution < 1.29 is 9.72 Å². The third kappa shape index (κ3) is 3.49. The van der Waals surface area contributed by atoms with Crippen molar-refractivity contribution in [2.75, 3.05) is 0 Å². The molecule has 0 spiro atoms. The first-order chi connectivity index (χ1) is 9.58. The van der Waals surface area contributed by atoms with Crippen LogP contribution in [-0.2, 0) is 9.90 Å². The summed E-state index contributed by atoms with van der Waals surface area (Å²) in [7, 11) is 5.00. The molecule has 2 rings (SSSR count). The third-order valence-corrected chi connectivity index (χ3v) is 4.15. The Bertz CT molecular complexity index is 672. The fourth-order valence-electron chi connectivity index (χ4n) is 1.44. The molecule has 5 nitrogen and oxygen atoms in total. The van der Waals surface area contributed by atoms with Crippen LogP contribution in [0.2, 0.25) is 0 Å². The summed E-state index contributed by atoms with van der Waals surface area (Å²) >= 11 is 0. The molecular weight excluding hydrogens is 300 g/mol. The van der Waals surface area contributed by atoms with Gasteiger partial charge in [-0.25, -0.2) is 0 Å². The van der Waals surface area contributed by atoms with Gasteiger partial charge in [-0.2, -0.15) is 4.36 Å². The lowest BCUT2D eigenvalue weighted by atomic mass is 10.2. The SMILES string of the molecule is O=C(N=S(Cl)c1ccccc1)c1ccc([N+](=O)[O-])cc1. The molecule has 0 heterocycles. The van der Waals surface area contributed by atoms with E-state index in [9.17, 15) is 14.9 Å². The minimum absolute atomic E-state index is 0.0746. The number of rotatable bonds is 3. The molecule has 0 aliphatic heterocycles. The standard InChI is InChI=1S/C13H9ClN2O3S/c14-20(12-4-2-1-3-5-12)15-13(17)10-6-8-11(9-7-10)16(18)19/h1-9H. The van der Waals surface area contributed by atoms with E-state index >= 15 is 0 Å². The molecule has 0 saturated carbocycles. The van der Waals surface area contributed by atoms with Gasteiger partial charge in [-0.05, 0) is 34.9 Å². The van der Waals surface area contributed by atoms with Gasteiger partial charge in [-0.15, -0.1) is 0 Å². The van der Waals surface area contributed by atoms with Gasteiger partial charge < -0.3 is 0 Å². The zero-order valence-corrected chi connectivity index (χ0v) is 11.7. The van der Waals surface area contributed by atoms with Crippen LogP contribution in [0.5, 0.6) is 0 Å². The summed E-state index contributed by atoms with van der Waals surface area (Å²) in [5.74, 6) is -0.498. The number of hydrogen-bond acceptors (Lipinski definition) is 3. The van der Waals surface area contributed by atoms with Crippen LogP contribution in [-0.4, -0.2) is 10.8 Å². The highest BCUT2D eigenvalue weighted by molar-refractivity contribution is 8.10. The van der Waals surface area contributed by atoms with Gasteiger partial charge in [0.05, 0.1) is 4.92 Å². The Kier molecular flexibility index (Phi) is 4.60. The zero-order chi connectivity index (χ0) is 14.5. The van der Waals surface area contributed by atoms with Crippen molar-refractivity contribution >= 4 is 32.2 Å². The molecule has 20 heavy (non-hydrogen) atoms. The summed E-state index contributed by atoms with van der Waals surface area (Å²) < 4.78 is 3.88. The quantitative estimate of drug-likeness (QED) is 0.640. The third-order valence-electron chi connectivity index (χ3n) is 2.43. The maximum Gasteiger partial charge on any atom is 0.284 e. The monoisotopic (exact) mass is 308 g/mol. The number of amides is 1. The molecule has 0 aliphatic carbocycles. The molecule has 1 amide bonds.